The van der Waals surface area contributed by atoms with Crippen LogP contribution in [0.25, 0.3) is 6.08 Å². The molecule has 2 aromatic carbocycles. The van der Waals surface area contributed by atoms with Crippen LogP contribution in [-0.2, 0) is 30.3 Å². The molecule has 1 heterocycles. The largest absolute Gasteiger partial charge is 0.490 e. The molecule has 1 aliphatic rings. The summed E-state index contributed by atoms with van der Waals surface area (Å²) in [6.07, 6.45) is 1.97. The number of rotatable bonds is 9. The first kappa shape index (κ1) is 25.1. The number of ether oxygens (including phenoxy) is 4. The van der Waals surface area contributed by atoms with E-state index in [1.54, 1.807) is 6.92 Å². The lowest BCUT2D eigenvalue weighted by Crippen LogP contribution is -2.41. The number of hydrogen-bond donors (Lipinski definition) is 1. The molecule has 0 saturated carbocycles. The molecule has 180 valence electrons. The number of benzene rings is 2. The molecule has 9 heteroatoms. The summed E-state index contributed by atoms with van der Waals surface area (Å²) < 4.78 is 21.4. The van der Waals surface area contributed by atoms with E-state index < -0.39 is 17.7 Å². The van der Waals surface area contributed by atoms with Gasteiger partial charge >= 0.3 is 11.9 Å². The maximum atomic E-state index is 12.2. The lowest BCUT2D eigenvalue weighted by Gasteiger charge is -2.29. The average molecular weight is 488 g/mol. The smallest absolute Gasteiger partial charge is 0.348 e. The molecular formula is C25H26ClNO7. The summed E-state index contributed by atoms with van der Waals surface area (Å²) in [5.74, 6) is -2.72. The molecule has 1 amide bonds. The van der Waals surface area contributed by atoms with Crippen LogP contribution in [0.3, 0.4) is 0 Å². The highest BCUT2D eigenvalue weighted by Gasteiger charge is 2.39. The molecule has 0 aromatic heterocycles. The summed E-state index contributed by atoms with van der Waals surface area (Å²) in [7, 11) is 0. The fourth-order valence-electron chi connectivity index (χ4n) is 3.16. The zero-order chi connectivity index (χ0) is 24.7. The maximum absolute atomic E-state index is 12.2. The van der Waals surface area contributed by atoms with Gasteiger partial charge in [0, 0.05) is 26.5 Å². The van der Waals surface area contributed by atoms with E-state index in [0.29, 0.717) is 30.9 Å². The molecule has 1 aliphatic heterocycles. The predicted molar refractivity (Wildman–Crippen MR) is 126 cm³/mol. The second kappa shape index (κ2) is 11.1. The second-order valence-electron chi connectivity index (χ2n) is 7.86. The van der Waals surface area contributed by atoms with Gasteiger partial charge in [0.25, 0.3) is 11.7 Å². The number of carbonyl (C=O) groups excluding carboxylic acids is 3. The molecule has 1 fully saturated rings. The normalized spacial score (nSPS) is 14.6. The van der Waals surface area contributed by atoms with Gasteiger partial charge in [0.1, 0.15) is 5.57 Å². The van der Waals surface area contributed by atoms with E-state index in [0.717, 1.165) is 5.56 Å². The Balaban J connectivity index is 1.68. The summed E-state index contributed by atoms with van der Waals surface area (Å²) in [5.41, 5.74) is 1.15. The van der Waals surface area contributed by atoms with Crippen LogP contribution in [0, 0.1) is 0 Å². The zero-order valence-corrected chi connectivity index (χ0v) is 19.9. The van der Waals surface area contributed by atoms with Crippen LogP contribution >= 0.6 is 11.6 Å². The van der Waals surface area contributed by atoms with E-state index in [2.05, 4.69) is 5.32 Å². The minimum atomic E-state index is -1.34. The topological polar surface area (TPSA) is 100 Å². The first-order valence-corrected chi connectivity index (χ1v) is 11.1. The van der Waals surface area contributed by atoms with E-state index in [1.807, 2.05) is 30.3 Å². The van der Waals surface area contributed by atoms with Gasteiger partial charge in [0.15, 0.2) is 18.1 Å². The Hall–Kier alpha value is -3.52. The van der Waals surface area contributed by atoms with Crippen LogP contribution in [0.1, 0.15) is 31.9 Å². The zero-order valence-electron chi connectivity index (χ0n) is 19.2. The molecule has 3 rings (SSSR count). The van der Waals surface area contributed by atoms with Gasteiger partial charge in [-0.1, -0.05) is 41.9 Å². The highest BCUT2D eigenvalue weighted by atomic mass is 35.5. The van der Waals surface area contributed by atoms with E-state index in [9.17, 15) is 14.4 Å². The molecular weight excluding hydrogens is 462 g/mol. The van der Waals surface area contributed by atoms with Crippen molar-refractivity contribution in [3.05, 3.63) is 64.2 Å². The molecule has 34 heavy (non-hydrogen) atoms. The number of esters is 2. The van der Waals surface area contributed by atoms with Gasteiger partial charge < -0.3 is 24.3 Å². The molecule has 0 unspecified atom stereocenters. The van der Waals surface area contributed by atoms with Crippen molar-refractivity contribution < 1.29 is 33.3 Å². The minimum Gasteiger partial charge on any atom is -0.490 e. The molecule has 0 bridgehead atoms. The van der Waals surface area contributed by atoms with Gasteiger partial charge in [-0.2, -0.15) is 0 Å². The van der Waals surface area contributed by atoms with E-state index in [4.69, 9.17) is 30.5 Å². The van der Waals surface area contributed by atoms with Crippen molar-refractivity contribution in [2.45, 2.75) is 33.0 Å². The Morgan fingerprint density at radius 1 is 1.06 bits per heavy atom. The Morgan fingerprint density at radius 3 is 2.35 bits per heavy atom. The Kier molecular flexibility index (Phi) is 8.17. The number of cyclic esters (lactones) is 2. The second-order valence-corrected chi connectivity index (χ2v) is 8.27. The van der Waals surface area contributed by atoms with Crippen LogP contribution in [-0.4, -0.2) is 43.4 Å². The third kappa shape index (κ3) is 6.74. The Labute approximate surface area is 202 Å². The Bertz CT molecular complexity index is 1070. The van der Waals surface area contributed by atoms with Crippen LogP contribution < -0.4 is 14.8 Å². The number of carbonyl (C=O) groups is 3. The van der Waals surface area contributed by atoms with Crippen LogP contribution in [0.4, 0.5) is 0 Å². The summed E-state index contributed by atoms with van der Waals surface area (Å²) in [6.45, 7) is 5.26. The fourth-order valence-corrected chi connectivity index (χ4v) is 3.37. The number of hydrogen-bond acceptors (Lipinski definition) is 7. The third-order valence-electron chi connectivity index (χ3n) is 4.72. The highest BCUT2D eigenvalue weighted by Crippen LogP contribution is 2.35. The van der Waals surface area contributed by atoms with Crippen molar-refractivity contribution in [1.82, 2.24) is 5.32 Å². The number of halogens is 1. The standard InChI is InChI=1S/C25H26ClNO7/c1-4-31-20-13-17(12-18-23(29)33-25(2,3)34-24(18)30)19(26)14-21(20)32-15-22(28)27-11-10-16-8-6-5-7-9-16/h5-9,12-14H,4,10-11,15H2,1-3H3,(H,27,28). The molecule has 0 spiro atoms. The maximum Gasteiger partial charge on any atom is 0.348 e. The van der Waals surface area contributed by atoms with Crippen LogP contribution in [0.2, 0.25) is 5.02 Å². The summed E-state index contributed by atoms with van der Waals surface area (Å²) >= 11 is 6.35. The van der Waals surface area contributed by atoms with Gasteiger partial charge in [-0.05, 0) is 36.6 Å². The average Bonchev–Trinajstić information content (AvgIpc) is 2.77. The number of amides is 1. The van der Waals surface area contributed by atoms with Crippen molar-refractivity contribution in [3.63, 3.8) is 0 Å². The van der Waals surface area contributed by atoms with Crippen LogP contribution in [0.15, 0.2) is 48.0 Å². The third-order valence-corrected chi connectivity index (χ3v) is 5.04. The molecule has 8 nitrogen and oxygen atoms in total. The fraction of sp³-hybridized carbons (Fsp3) is 0.320. The van der Waals surface area contributed by atoms with Gasteiger partial charge in [-0.25, -0.2) is 9.59 Å². The van der Waals surface area contributed by atoms with Gasteiger partial charge in [0.05, 0.1) is 11.6 Å². The number of nitrogens with one attached hydrogen (secondary N) is 1. The minimum absolute atomic E-state index is 0.181. The molecule has 1 saturated heterocycles. The van der Waals surface area contributed by atoms with E-state index in [-0.39, 0.29) is 28.9 Å². The van der Waals surface area contributed by atoms with E-state index >= 15 is 0 Å². The summed E-state index contributed by atoms with van der Waals surface area (Å²) in [4.78, 5) is 36.7. The molecule has 0 radical (unpaired) electrons. The monoisotopic (exact) mass is 487 g/mol. The van der Waals surface area contributed by atoms with Gasteiger partial charge in [0.2, 0.25) is 0 Å². The van der Waals surface area contributed by atoms with Gasteiger partial charge in [-0.15, -0.1) is 0 Å². The van der Waals surface area contributed by atoms with Crippen molar-refractivity contribution in [2.24, 2.45) is 0 Å². The van der Waals surface area contributed by atoms with Gasteiger partial charge in [-0.3, -0.25) is 4.79 Å². The lowest BCUT2D eigenvalue weighted by atomic mass is 10.1. The molecule has 2 aromatic rings. The Morgan fingerprint density at radius 2 is 1.71 bits per heavy atom. The lowest BCUT2D eigenvalue weighted by molar-refractivity contribution is -0.222. The molecule has 0 aliphatic carbocycles. The van der Waals surface area contributed by atoms with Crippen molar-refractivity contribution in [2.75, 3.05) is 19.8 Å². The van der Waals surface area contributed by atoms with Crippen molar-refractivity contribution in [3.8, 4) is 11.5 Å². The van der Waals surface area contributed by atoms with Crippen molar-refractivity contribution in [1.29, 1.82) is 0 Å². The predicted octanol–water partition coefficient (Wildman–Crippen LogP) is 3.70. The first-order valence-electron chi connectivity index (χ1n) is 10.8. The SMILES string of the molecule is CCOc1cc(C=C2C(=O)OC(C)(C)OC2=O)c(Cl)cc1OCC(=O)NCCc1ccccc1. The quantitative estimate of drug-likeness (QED) is 0.327. The highest BCUT2D eigenvalue weighted by molar-refractivity contribution is 6.32. The molecule has 0 atom stereocenters. The van der Waals surface area contributed by atoms with Crippen LogP contribution in [0.5, 0.6) is 11.5 Å². The van der Waals surface area contributed by atoms with E-state index in [1.165, 1.54) is 32.1 Å². The summed E-state index contributed by atoms with van der Waals surface area (Å²) in [6, 6.07) is 12.8. The molecule has 1 N–H and O–H groups in total. The summed E-state index contributed by atoms with van der Waals surface area (Å²) in [5, 5.41) is 2.98. The van der Waals surface area contributed by atoms with Crippen molar-refractivity contribution >= 4 is 35.5 Å². The first-order chi connectivity index (χ1) is 16.2.